The molecule has 0 radical (unpaired) electrons. The van der Waals surface area contributed by atoms with Crippen LogP contribution < -0.4 is 14.8 Å². The highest BCUT2D eigenvalue weighted by molar-refractivity contribution is 7.92. The van der Waals surface area contributed by atoms with Gasteiger partial charge in [-0.1, -0.05) is 36.4 Å². The first-order chi connectivity index (χ1) is 14.4. The SMILES string of the molecule is COc1ccc(NS(=O)(=O)c2cc(NC(=O)/C=C/c3ccccc3)ccc2C)cc1. The van der Waals surface area contributed by atoms with Crippen molar-refractivity contribution in [3.8, 4) is 5.75 Å². The number of amides is 1. The van der Waals surface area contributed by atoms with Crippen molar-refractivity contribution in [2.24, 2.45) is 0 Å². The average molecular weight is 423 g/mol. The third-order valence-electron chi connectivity index (χ3n) is 4.31. The molecular weight excluding hydrogens is 400 g/mol. The first-order valence-corrected chi connectivity index (χ1v) is 10.7. The zero-order chi connectivity index (χ0) is 21.6. The van der Waals surface area contributed by atoms with Crippen LogP contribution in [0, 0.1) is 6.92 Å². The number of methoxy groups -OCH3 is 1. The van der Waals surface area contributed by atoms with Crippen LogP contribution in [-0.2, 0) is 14.8 Å². The summed E-state index contributed by atoms with van der Waals surface area (Å²) in [7, 11) is -2.30. The van der Waals surface area contributed by atoms with E-state index in [1.807, 2.05) is 30.3 Å². The molecule has 0 atom stereocenters. The first-order valence-electron chi connectivity index (χ1n) is 9.19. The standard InChI is InChI=1S/C23H22N2O4S/c1-17-8-10-20(24-23(26)15-9-18-6-4-3-5-7-18)16-22(17)30(27,28)25-19-11-13-21(29-2)14-12-19/h3-16,25H,1-2H3,(H,24,26)/b15-9+. The van der Waals surface area contributed by atoms with Gasteiger partial charge in [-0.3, -0.25) is 9.52 Å². The Hall–Kier alpha value is -3.58. The van der Waals surface area contributed by atoms with Crippen molar-refractivity contribution in [3.05, 3.63) is 90.0 Å². The maximum absolute atomic E-state index is 12.9. The van der Waals surface area contributed by atoms with Crippen LogP contribution in [0.25, 0.3) is 6.08 Å². The number of hydrogen-bond donors (Lipinski definition) is 2. The van der Waals surface area contributed by atoms with E-state index in [0.717, 1.165) is 5.56 Å². The zero-order valence-electron chi connectivity index (χ0n) is 16.6. The number of carbonyl (C=O) groups excluding carboxylic acids is 1. The van der Waals surface area contributed by atoms with Crippen LogP contribution >= 0.6 is 0 Å². The summed E-state index contributed by atoms with van der Waals surface area (Å²) in [5.41, 5.74) is 2.26. The Balaban J connectivity index is 1.76. The smallest absolute Gasteiger partial charge is 0.262 e. The number of nitrogens with one attached hydrogen (secondary N) is 2. The second-order valence-corrected chi connectivity index (χ2v) is 8.20. The van der Waals surface area contributed by atoms with Gasteiger partial charge < -0.3 is 10.1 Å². The summed E-state index contributed by atoms with van der Waals surface area (Å²) < 4.78 is 33.3. The highest BCUT2D eigenvalue weighted by atomic mass is 32.2. The van der Waals surface area contributed by atoms with E-state index in [0.29, 0.717) is 22.7 Å². The van der Waals surface area contributed by atoms with Crippen molar-refractivity contribution in [2.75, 3.05) is 17.1 Å². The summed E-state index contributed by atoms with van der Waals surface area (Å²) in [6.07, 6.45) is 3.09. The lowest BCUT2D eigenvalue weighted by atomic mass is 10.2. The molecule has 0 aliphatic carbocycles. The minimum absolute atomic E-state index is 0.0863. The van der Waals surface area contributed by atoms with E-state index in [-0.39, 0.29) is 10.8 Å². The Labute approximate surface area is 176 Å². The molecule has 1 amide bonds. The van der Waals surface area contributed by atoms with Gasteiger partial charge in [0, 0.05) is 17.5 Å². The van der Waals surface area contributed by atoms with Gasteiger partial charge in [-0.05, 0) is 60.5 Å². The van der Waals surface area contributed by atoms with Crippen LogP contribution in [0.1, 0.15) is 11.1 Å². The van der Waals surface area contributed by atoms with E-state index in [9.17, 15) is 13.2 Å². The summed E-state index contributed by atoms with van der Waals surface area (Å²) in [5, 5.41) is 2.70. The normalized spacial score (nSPS) is 11.3. The molecule has 0 aliphatic heterocycles. The third-order valence-corrected chi connectivity index (χ3v) is 5.84. The molecule has 0 saturated carbocycles. The molecule has 154 valence electrons. The molecule has 3 rings (SSSR count). The van der Waals surface area contributed by atoms with Gasteiger partial charge in [0.15, 0.2) is 0 Å². The Morgan fingerprint density at radius 1 is 0.933 bits per heavy atom. The number of anilines is 2. The molecule has 0 aromatic heterocycles. The fraction of sp³-hybridized carbons (Fsp3) is 0.0870. The van der Waals surface area contributed by atoms with Crippen LogP contribution in [0.3, 0.4) is 0 Å². The fourth-order valence-corrected chi connectivity index (χ4v) is 4.09. The van der Waals surface area contributed by atoms with E-state index in [4.69, 9.17) is 4.74 Å². The predicted octanol–water partition coefficient (Wildman–Crippen LogP) is 4.46. The van der Waals surface area contributed by atoms with Crippen LogP contribution in [0.5, 0.6) is 5.75 Å². The molecule has 0 unspecified atom stereocenters. The number of aryl methyl sites for hydroxylation is 1. The van der Waals surface area contributed by atoms with Crippen molar-refractivity contribution < 1.29 is 17.9 Å². The van der Waals surface area contributed by atoms with Gasteiger partial charge in [0.05, 0.1) is 12.0 Å². The summed E-state index contributed by atoms with van der Waals surface area (Å²) in [4.78, 5) is 12.3. The van der Waals surface area contributed by atoms with Gasteiger partial charge in [0.1, 0.15) is 5.75 Å². The van der Waals surface area contributed by atoms with Crippen molar-refractivity contribution in [1.82, 2.24) is 0 Å². The monoisotopic (exact) mass is 422 g/mol. The summed E-state index contributed by atoms with van der Waals surface area (Å²) in [5.74, 6) is 0.275. The van der Waals surface area contributed by atoms with E-state index in [1.165, 1.54) is 19.3 Å². The molecule has 0 fully saturated rings. The molecule has 6 nitrogen and oxygen atoms in total. The first kappa shape index (κ1) is 21.1. The summed E-state index contributed by atoms with van der Waals surface area (Å²) in [6, 6.07) is 20.7. The third kappa shape index (κ3) is 5.48. The fourth-order valence-electron chi connectivity index (χ4n) is 2.76. The van der Waals surface area contributed by atoms with Crippen LogP contribution in [0.2, 0.25) is 0 Å². The molecule has 0 bridgehead atoms. The molecule has 0 aliphatic rings. The van der Waals surface area contributed by atoms with Gasteiger partial charge in [0.25, 0.3) is 10.0 Å². The number of rotatable bonds is 7. The maximum atomic E-state index is 12.9. The van der Waals surface area contributed by atoms with Crippen molar-refractivity contribution in [1.29, 1.82) is 0 Å². The van der Waals surface area contributed by atoms with Crippen molar-refractivity contribution in [3.63, 3.8) is 0 Å². The quantitative estimate of drug-likeness (QED) is 0.551. The number of carbonyl (C=O) groups is 1. The molecule has 3 aromatic rings. The Kier molecular flexibility index (Phi) is 6.54. The molecular formula is C23H22N2O4S. The van der Waals surface area contributed by atoms with Crippen molar-refractivity contribution in [2.45, 2.75) is 11.8 Å². The Morgan fingerprint density at radius 2 is 1.60 bits per heavy atom. The van der Waals surface area contributed by atoms with Gasteiger partial charge in [-0.25, -0.2) is 8.42 Å². The molecule has 0 saturated heterocycles. The molecule has 0 heterocycles. The van der Waals surface area contributed by atoms with E-state index in [1.54, 1.807) is 49.4 Å². The largest absolute Gasteiger partial charge is 0.497 e. The van der Waals surface area contributed by atoms with Gasteiger partial charge in [-0.15, -0.1) is 0 Å². The minimum atomic E-state index is -3.84. The molecule has 30 heavy (non-hydrogen) atoms. The van der Waals surface area contributed by atoms with Crippen LogP contribution in [0.15, 0.2) is 83.8 Å². The van der Waals surface area contributed by atoms with Gasteiger partial charge in [-0.2, -0.15) is 0 Å². The lowest BCUT2D eigenvalue weighted by Crippen LogP contribution is -2.15. The van der Waals surface area contributed by atoms with Crippen LogP contribution in [0.4, 0.5) is 11.4 Å². The predicted molar refractivity (Wildman–Crippen MR) is 119 cm³/mol. The Bertz CT molecular complexity index is 1160. The van der Waals surface area contributed by atoms with E-state index < -0.39 is 10.0 Å². The Morgan fingerprint density at radius 3 is 2.27 bits per heavy atom. The molecule has 7 heteroatoms. The number of benzene rings is 3. The van der Waals surface area contributed by atoms with E-state index >= 15 is 0 Å². The summed E-state index contributed by atoms with van der Waals surface area (Å²) in [6.45, 7) is 1.70. The number of sulfonamides is 1. The second kappa shape index (κ2) is 9.28. The molecule has 0 spiro atoms. The molecule has 2 N–H and O–H groups in total. The lowest BCUT2D eigenvalue weighted by molar-refractivity contribution is -0.111. The average Bonchev–Trinajstić information content (AvgIpc) is 2.74. The lowest BCUT2D eigenvalue weighted by Gasteiger charge is -2.12. The second-order valence-electron chi connectivity index (χ2n) is 6.55. The minimum Gasteiger partial charge on any atom is -0.497 e. The highest BCUT2D eigenvalue weighted by Crippen LogP contribution is 2.24. The highest BCUT2D eigenvalue weighted by Gasteiger charge is 2.18. The topological polar surface area (TPSA) is 84.5 Å². The number of ether oxygens (including phenoxy) is 1. The van der Waals surface area contributed by atoms with Gasteiger partial charge >= 0.3 is 0 Å². The van der Waals surface area contributed by atoms with Crippen LogP contribution in [-0.4, -0.2) is 21.4 Å². The maximum Gasteiger partial charge on any atom is 0.262 e. The zero-order valence-corrected chi connectivity index (χ0v) is 17.4. The van der Waals surface area contributed by atoms with Crippen molar-refractivity contribution >= 4 is 33.4 Å². The van der Waals surface area contributed by atoms with E-state index in [2.05, 4.69) is 10.0 Å². The number of hydrogen-bond acceptors (Lipinski definition) is 4. The molecule has 3 aromatic carbocycles. The van der Waals surface area contributed by atoms with Gasteiger partial charge in [0.2, 0.25) is 5.91 Å². The summed E-state index contributed by atoms with van der Waals surface area (Å²) >= 11 is 0.